The topological polar surface area (TPSA) is 46.6 Å². The van der Waals surface area contributed by atoms with Gasteiger partial charge in [-0.2, -0.15) is 0 Å². The van der Waals surface area contributed by atoms with E-state index in [1.807, 2.05) is 18.2 Å². The lowest BCUT2D eigenvalue weighted by Gasteiger charge is -2.18. The lowest BCUT2D eigenvalue weighted by atomic mass is 10.1. The summed E-state index contributed by atoms with van der Waals surface area (Å²) in [6, 6.07) is 5.92. The van der Waals surface area contributed by atoms with Crippen LogP contribution in [0.15, 0.2) is 22.7 Å². The number of esters is 1. The number of nitrogens with zero attached hydrogens (tertiary/aromatic N) is 1. The Kier molecular flexibility index (Phi) is 4.24. The Morgan fingerprint density at radius 3 is 2.84 bits per heavy atom. The molecule has 0 saturated carbocycles. The lowest BCUT2D eigenvalue weighted by Crippen LogP contribution is -2.26. The fraction of sp³-hybridized carbons (Fsp3) is 0.429. The molecule has 0 spiro atoms. The molecule has 1 fully saturated rings. The Bertz CT molecular complexity index is 515. The molecule has 0 bridgehead atoms. The van der Waals surface area contributed by atoms with Crippen LogP contribution in [0.4, 0.5) is 5.69 Å². The molecular weight excluding hydrogens is 310 g/mol. The molecule has 102 valence electrons. The summed E-state index contributed by atoms with van der Waals surface area (Å²) in [6.07, 6.45) is 1.16. The van der Waals surface area contributed by atoms with Crippen molar-refractivity contribution in [1.29, 1.82) is 0 Å². The van der Waals surface area contributed by atoms with E-state index >= 15 is 0 Å². The largest absolute Gasteiger partial charge is 0.469 e. The second-order valence-electron chi connectivity index (χ2n) is 4.57. The van der Waals surface area contributed by atoms with Gasteiger partial charge in [0.25, 0.3) is 0 Å². The second-order valence-corrected chi connectivity index (χ2v) is 5.42. The third kappa shape index (κ3) is 2.81. The number of aryl methyl sites for hydroxylation is 1. The maximum absolute atomic E-state index is 12.0. The Morgan fingerprint density at radius 1 is 1.53 bits per heavy atom. The molecular formula is C14H16BrNO3. The Hall–Kier alpha value is -1.36. The van der Waals surface area contributed by atoms with E-state index in [0.717, 1.165) is 16.6 Å². The number of methoxy groups -OCH3 is 1. The molecule has 1 aromatic carbocycles. The molecule has 19 heavy (non-hydrogen) atoms. The van der Waals surface area contributed by atoms with Crippen LogP contribution in [0.3, 0.4) is 0 Å². The van der Waals surface area contributed by atoms with Gasteiger partial charge in [-0.25, -0.2) is 0 Å². The summed E-state index contributed by atoms with van der Waals surface area (Å²) >= 11 is 3.49. The van der Waals surface area contributed by atoms with Crippen LogP contribution in [-0.4, -0.2) is 25.5 Å². The van der Waals surface area contributed by atoms with E-state index in [1.165, 1.54) is 12.7 Å². The molecule has 1 amide bonds. The zero-order valence-electron chi connectivity index (χ0n) is 11.0. The number of amides is 1. The quantitative estimate of drug-likeness (QED) is 0.802. The summed E-state index contributed by atoms with van der Waals surface area (Å²) < 4.78 is 5.58. The smallest absolute Gasteiger partial charge is 0.311 e. The van der Waals surface area contributed by atoms with E-state index in [2.05, 4.69) is 22.9 Å². The van der Waals surface area contributed by atoms with E-state index in [1.54, 1.807) is 4.90 Å². The molecule has 0 aromatic heterocycles. The number of hydrogen-bond donors (Lipinski definition) is 0. The number of ether oxygens (including phenoxy) is 1. The highest BCUT2D eigenvalue weighted by Crippen LogP contribution is 2.32. The minimum atomic E-state index is -0.366. The Morgan fingerprint density at radius 2 is 2.26 bits per heavy atom. The first-order chi connectivity index (χ1) is 9.06. The molecule has 2 rings (SSSR count). The van der Waals surface area contributed by atoms with E-state index in [0.29, 0.717) is 6.54 Å². The summed E-state index contributed by atoms with van der Waals surface area (Å²) in [4.78, 5) is 25.2. The van der Waals surface area contributed by atoms with Gasteiger partial charge in [-0.15, -0.1) is 0 Å². The van der Waals surface area contributed by atoms with Gasteiger partial charge in [-0.3, -0.25) is 9.59 Å². The maximum atomic E-state index is 12.0. The van der Waals surface area contributed by atoms with Crippen LogP contribution in [0.1, 0.15) is 18.9 Å². The minimum Gasteiger partial charge on any atom is -0.469 e. The van der Waals surface area contributed by atoms with E-state index in [4.69, 9.17) is 4.74 Å². The molecule has 1 aliphatic rings. The van der Waals surface area contributed by atoms with Crippen LogP contribution in [0.25, 0.3) is 0 Å². The van der Waals surface area contributed by atoms with Gasteiger partial charge in [0.1, 0.15) is 0 Å². The lowest BCUT2D eigenvalue weighted by molar-refractivity contribution is -0.145. The number of rotatable bonds is 3. The van der Waals surface area contributed by atoms with E-state index < -0.39 is 0 Å². The Labute approximate surface area is 120 Å². The summed E-state index contributed by atoms with van der Waals surface area (Å²) in [6.45, 7) is 2.46. The second kappa shape index (κ2) is 5.74. The van der Waals surface area contributed by atoms with Crippen LogP contribution in [-0.2, 0) is 20.7 Å². The van der Waals surface area contributed by atoms with Crippen LogP contribution in [0.5, 0.6) is 0 Å². The van der Waals surface area contributed by atoms with Gasteiger partial charge < -0.3 is 9.64 Å². The molecule has 1 heterocycles. The summed E-state index contributed by atoms with van der Waals surface area (Å²) in [7, 11) is 1.35. The van der Waals surface area contributed by atoms with E-state index in [9.17, 15) is 9.59 Å². The van der Waals surface area contributed by atoms with Crippen LogP contribution in [0, 0.1) is 5.92 Å². The van der Waals surface area contributed by atoms with Gasteiger partial charge in [0.05, 0.1) is 18.7 Å². The van der Waals surface area contributed by atoms with Crippen molar-refractivity contribution < 1.29 is 14.3 Å². The number of carbonyl (C=O) groups is 2. The number of hydrogen-bond acceptors (Lipinski definition) is 3. The fourth-order valence-electron chi connectivity index (χ4n) is 2.25. The molecule has 0 radical (unpaired) electrons. The van der Waals surface area contributed by atoms with Gasteiger partial charge in [-0.1, -0.05) is 13.0 Å². The summed E-state index contributed by atoms with van der Waals surface area (Å²) in [5.74, 6) is -0.729. The first-order valence-corrected chi connectivity index (χ1v) is 7.02. The maximum Gasteiger partial charge on any atom is 0.311 e. The van der Waals surface area contributed by atoms with Crippen LogP contribution >= 0.6 is 15.9 Å². The normalized spacial score (nSPS) is 18.8. The van der Waals surface area contributed by atoms with Gasteiger partial charge in [-0.05, 0) is 40.0 Å². The van der Waals surface area contributed by atoms with Crippen molar-refractivity contribution in [2.24, 2.45) is 5.92 Å². The van der Waals surface area contributed by atoms with Crippen molar-refractivity contribution in [3.05, 3.63) is 28.2 Å². The third-order valence-electron chi connectivity index (χ3n) is 3.37. The highest BCUT2D eigenvalue weighted by molar-refractivity contribution is 9.10. The summed E-state index contributed by atoms with van der Waals surface area (Å²) in [5, 5.41) is 0. The van der Waals surface area contributed by atoms with Crippen LogP contribution < -0.4 is 4.90 Å². The third-order valence-corrected chi connectivity index (χ3v) is 4.01. The average molecular weight is 326 g/mol. The molecule has 1 aromatic rings. The van der Waals surface area contributed by atoms with Crippen molar-refractivity contribution in [2.45, 2.75) is 19.8 Å². The molecule has 0 N–H and O–H groups in total. The van der Waals surface area contributed by atoms with Crippen LogP contribution in [0.2, 0.25) is 0 Å². The number of carbonyl (C=O) groups excluding carboxylic acids is 2. The SMILES string of the molecule is CCc1ccc(N2CC(C(=O)OC)CC2=O)c(Br)c1. The summed E-state index contributed by atoms with van der Waals surface area (Å²) in [5.41, 5.74) is 2.01. The van der Waals surface area contributed by atoms with E-state index in [-0.39, 0.29) is 24.2 Å². The molecule has 1 unspecified atom stereocenters. The molecule has 1 atom stereocenters. The highest BCUT2D eigenvalue weighted by Gasteiger charge is 2.36. The zero-order chi connectivity index (χ0) is 14.0. The molecule has 4 nitrogen and oxygen atoms in total. The van der Waals surface area contributed by atoms with Crippen molar-refractivity contribution in [3.63, 3.8) is 0 Å². The number of benzene rings is 1. The monoisotopic (exact) mass is 325 g/mol. The average Bonchev–Trinajstić information content (AvgIpc) is 2.79. The fourth-order valence-corrected chi connectivity index (χ4v) is 2.89. The first kappa shape index (κ1) is 14.1. The number of halogens is 1. The molecule has 0 aliphatic carbocycles. The van der Waals surface area contributed by atoms with Crippen molar-refractivity contribution >= 4 is 33.5 Å². The van der Waals surface area contributed by atoms with Gasteiger partial charge >= 0.3 is 5.97 Å². The van der Waals surface area contributed by atoms with Crippen molar-refractivity contribution in [3.8, 4) is 0 Å². The molecule has 1 aliphatic heterocycles. The molecule has 1 saturated heterocycles. The number of anilines is 1. The van der Waals surface area contributed by atoms with Crippen molar-refractivity contribution in [2.75, 3.05) is 18.6 Å². The minimum absolute atomic E-state index is 0.0413. The van der Waals surface area contributed by atoms with Gasteiger partial charge in [0.2, 0.25) is 5.91 Å². The predicted molar refractivity (Wildman–Crippen MR) is 76.0 cm³/mol. The van der Waals surface area contributed by atoms with Crippen molar-refractivity contribution in [1.82, 2.24) is 0 Å². The van der Waals surface area contributed by atoms with Gasteiger partial charge in [0.15, 0.2) is 0 Å². The molecule has 5 heteroatoms. The first-order valence-electron chi connectivity index (χ1n) is 6.23. The Balaban J connectivity index is 2.23. The van der Waals surface area contributed by atoms with Gasteiger partial charge in [0, 0.05) is 17.4 Å². The zero-order valence-corrected chi connectivity index (χ0v) is 12.6. The standard InChI is InChI=1S/C14H16BrNO3/c1-3-9-4-5-12(11(15)6-9)16-8-10(7-13(16)17)14(18)19-2/h4-6,10H,3,7-8H2,1-2H3. The highest BCUT2D eigenvalue weighted by atomic mass is 79.9. The predicted octanol–water partition coefficient (Wildman–Crippen LogP) is 2.54.